The van der Waals surface area contributed by atoms with Gasteiger partial charge in [0.05, 0.1) is 7.11 Å². The van der Waals surface area contributed by atoms with Crippen molar-refractivity contribution < 1.29 is 13.2 Å². The van der Waals surface area contributed by atoms with Gasteiger partial charge >= 0.3 is 0 Å². The number of hydrogen-bond donors (Lipinski definition) is 1. The van der Waals surface area contributed by atoms with Crippen molar-refractivity contribution in [1.29, 1.82) is 0 Å². The Hall–Kier alpha value is -1.11. The van der Waals surface area contributed by atoms with E-state index in [2.05, 4.69) is 16.9 Å². The highest BCUT2D eigenvalue weighted by atomic mass is 32.2. The van der Waals surface area contributed by atoms with Gasteiger partial charge in [-0.25, -0.2) is 4.72 Å². The molecular weight excluding hydrogens is 276 g/mol. The summed E-state index contributed by atoms with van der Waals surface area (Å²) in [5.74, 6) is 1.10. The van der Waals surface area contributed by atoms with Crippen molar-refractivity contribution in [3.05, 3.63) is 29.3 Å². The number of nitrogens with zero attached hydrogens (tertiary/aromatic N) is 1. The minimum atomic E-state index is -3.35. The van der Waals surface area contributed by atoms with Gasteiger partial charge in [0.25, 0.3) is 10.2 Å². The topological polar surface area (TPSA) is 58.6 Å². The fraction of sp³-hybridized carbons (Fsp3) is 0.571. The summed E-state index contributed by atoms with van der Waals surface area (Å²) in [6, 6.07) is 6.06. The molecular formula is C14H22N2O3S. The second-order valence-corrected chi connectivity index (χ2v) is 7.26. The standard InChI is InChI=1S/C14H22N2O3S/c1-16(2)20(17,18)15-10-12-6-4-5-11-9-13(19-3)7-8-14(11)12/h7-9,12,15H,4-6,10H2,1-3H3. The monoisotopic (exact) mass is 298 g/mol. The zero-order valence-electron chi connectivity index (χ0n) is 12.2. The highest BCUT2D eigenvalue weighted by Crippen LogP contribution is 2.33. The molecule has 1 unspecified atom stereocenters. The van der Waals surface area contributed by atoms with Gasteiger partial charge in [0, 0.05) is 20.6 Å². The average molecular weight is 298 g/mol. The van der Waals surface area contributed by atoms with Gasteiger partial charge in [-0.2, -0.15) is 12.7 Å². The van der Waals surface area contributed by atoms with Crippen LogP contribution in [0.2, 0.25) is 0 Å². The summed E-state index contributed by atoms with van der Waals surface area (Å²) >= 11 is 0. The molecule has 1 aromatic rings. The van der Waals surface area contributed by atoms with Crippen LogP contribution in [0.1, 0.15) is 29.9 Å². The summed E-state index contributed by atoms with van der Waals surface area (Å²) in [6.45, 7) is 0.444. The SMILES string of the molecule is COc1ccc2c(c1)CCCC2CNS(=O)(=O)N(C)C. The maximum atomic E-state index is 11.8. The van der Waals surface area contributed by atoms with Crippen LogP contribution in [0, 0.1) is 0 Å². The van der Waals surface area contributed by atoms with E-state index < -0.39 is 10.2 Å². The molecule has 112 valence electrons. The Kier molecular flexibility index (Phi) is 4.67. The molecule has 5 nitrogen and oxygen atoms in total. The minimum absolute atomic E-state index is 0.236. The Balaban J connectivity index is 2.13. The molecule has 0 fully saturated rings. The molecule has 1 atom stereocenters. The predicted octanol–water partition coefficient (Wildman–Crippen LogP) is 1.51. The number of rotatable bonds is 5. The quantitative estimate of drug-likeness (QED) is 0.896. The van der Waals surface area contributed by atoms with Crippen molar-refractivity contribution in [3.8, 4) is 5.75 Å². The molecule has 0 amide bonds. The molecule has 1 aromatic carbocycles. The Labute approximate surface area is 121 Å². The maximum Gasteiger partial charge on any atom is 0.278 e. The van der Waals surface area contributed by atoms with Gasteiger partial charge in [0.1, 0.15) is 5.75 Å². The molecule has 20 heavy (non-hydrogen) atoms. The van der Waals surface area contributed by atoms with E-state index in [1.807, 2.05) is 6.07 Å². The van der Waals surface area contributed by atoms with Gasteiger partial charge < -0.3 is 4.74 Å². The Morgan fingerprint density at radius 3 is 2.80 bits per heavy atom. The predicted molar refractivity (Wildman–Crippen MR) is 79.3 cm³/mol. The number of aryl methyl sites for hydroxylation is 1. The van der Waals surface area contributed by atoms with E-state index in [-0.39, 0.29) is 5.92 Å². The zero-order valence-corrected chi connectivity index (χ0v) is 13.0. The Morgan fingerprint density at radius 2 is 2.15 bits per heavy atom. The van der Waals surface area contributed by atoms with Crippen LogP contribution in [0.25, 0.3) is 0 Å². The van der Waals surface area contributed by atoms with Crippen molar-refractivity contribution in [2.24, 2.45) is 0 Å². The summed E-state index contributed by atoms with van der Waals surface area (Å²) in [7, 11) is 1.37. The fourth-order valence-corrected chi connectivity index (χ4v) is 3.24. The summed E-state index contributed by atoms with van der Waals surface area (Å²) in [5.41, 5.74) is 2.50. The summed E-state index contributed by atoms with van der Waals surface area (Å²) < 4.78 is 32.7. The van der Waals surface area contributed by atoms with E-state index in [0.29, 0.717) is 6.54 Å². The second-order valence-electron chi connectivity index (χ2n) is 5.29. The molecule has 0 aliphatic heterocycles. The van der Waals surface area contributed by atoms with E-state index in [0.717, 1.165) is 25.0 Å². The molecule has 1 aliphatic carbocycles. The lowest BCUT2D eigenvalue weighted by atomic mass is 9.83. The Bertz CT molecular complexity index is 570. The van der Waals surface area contributed by atoms with Crippen LogP contribution in [0.4, 0.5) is 0 Å². The number of hydrogen-bond acceptors (Lipinski definition) is 3. The lowest BCUT2D eigenvalue weighted by molar-refractivity contribution is 0.412. The minimum Gasteiger partial charge on any atom is -0.497 e. The van der Waals surface area contributed by atoms with Crippen LogP contribution in [0.5, 0.6) is 5.75 Å². The first-order valence-corrected chi connectivity index (χ1v) is 8.22. The molecule has 6 heteroatoms. The maximum absolute atomic E-state index is 11.8. The smallest absolute Gasteiger partial charge is 0.278 e. The third-order valence-electron chi connectivity index (χ3n) is 3.78. The summed E-state index contributed by atoms with van der Waals surface area (Å²) in [6.07, 6.45) is 3.12. The molecule has 2 rings (SSSR count). The number of fused-ring (bicyclic) bond motifs is 1. The highest BCUT2D eigenvalue weighted by molar-refractivity contribution is 7.87. The molecule has 1 N–H and O–H groups in total. The number of nitrogens with one attached hydrogen (secondary N) is 1. The zero-order chi connectivity index (χ0) is 14.8. The largest absolute Gasteiger partial charge is 0.497 e. The summed E-state index contributed by atoms with van der Waals surface area (Å²) in [5, 5.41) is 0. The average Bonchev–Trinajstić information content (AvgIpc) is 2.44. The first-order chi connectivity index (χ1) is 9.44. The number of benzene rings is 1. The Morgan fingerprint density at radius 1 is 1.40 bits per heavy atom. The van der Waals surface area contributed by atoms with Crippen LogP contribution in [0.3, 0.4) is 0 Å². The molecule has 0 bridgehead atoms. The van der Waals surface area contributed by atoms with E-state index in [4.69, 9.17) is 4.74 Å². The van der Waals surface area contributed by atoms with Crippen molar-refractivity contribution in [1.82, 2.24) is 9.03 Å². The van der Waals surface area contributed by atoms with Crippen LogP contribution < -0.4 is 9.46 Å². The normalized spacial score (nSPS) is 18.9. The lowest BCUT2D eigenvalue weighted by Crippen LogP contribution is -2.38. The second kappa shape index (κ2) is 6.11. The molecule has 0 aromatic heterocycles. The third-order valence-corrected chi connectivity index (χ3v) is 5.27. The molecule has 1 aliphatic rings. The van der Waals surface area contributed by atoms with Gasteiger partial charge in [0.15, 0.2) is 0 Å². The number of methoxy groups -OCH3 is 1. The molecule has 0 radical (unpaired) electrons. The van der Waals surface area contributed by atoms with E-state index in [1.54, 1.807) is 7.11 Å². The molecule has 0 saturated heterocycles. The molecule has 0 spiro atoms. The van der Waals surface area contributed by atoms with Gasteiger partial charge in [-0.15, -0.1) is 0 Å². The molecule has 0 heterocycles. The van der Waals surface area contributed by atoms with Crippen LogP contribution >= 0.6 is 0 Å². The van der Waals surface area contributed by atoms with Crippen molar-refractivity contribution in [3.63, 3.8) is 0 Å². The third kappa shape index (κ3) is 3.31. The number of ether oxygens (including phenoxy) is 1. The molecule has 0 saturated carbocycles. The van der Waals surface area contributed by atoms with Crippen molar-refractivity contribution >= 4 is 10.2 Å². The fourth-order valence-electron chi connectivity index (χ4n) is 2.57. The van der Waals surface area contributed by atoms with Crippen LogP contribution in [0.15, 0.2) is 18.2 Å². The van der Waals surface area contributed by atoms with Crippen LogP contribution in [-0.2, 0) is 16.6 Å². The highest BCUT2D eigenvalue weighted by Gasteiger charge is 2.23. The van der Waals surface area contributed by atoms with Crippen LogP contribution in [-0.4, -0.2) is 40.5 Å². The first kappa shape index (κ1) is 15.3. The van der Waals surface area contributed by atoms with Crippen molar-refractivity contribution in [2.45, 2.75) is 25.2 Å². The van der Waals surface area contributed by atoms with Gasteiger partial charge in [-0.1, -0.05) is 6.07 Å². The lowest BCUT2D eigenvalue weighted by Gasteiger charge is -2.26. The van der Waals surface area contributed by atoms with E-state index >= 15 is 0 Å². The van der Waals surface area contributed by atoms with E-state index in [9.17, 15) is 8.42 Å². The van der Waals surface area contributed by atoms with Gasteiger partial charge in [-0.05, 0) is 48.4 Å². The van der Waals surface area contributed by atoms with Gasteiger partial charge in [0.2, 0.25) is 0 Å². The van der Waals surface area contributed by atoms with Gasteiger partial charge in [-0.3, -0.25) is 0 Å². The van der Waals surface area contributed by atoms with E-state index in [1.165, 1.54) is 29.5 Å². The summed E-state index contributed by atoms with van der Waals surface area (Å²) in [4.78, 5) is 0. The first-order valence-electron chi connectivity index (χ1n) is 6.78. The van der Waals surface area contributed by atoms with Crippen molar-refractivity contribution in [2.75, 3.05) is 27.7 Å².